The maximum Gasteiger partial charge on any atom is 0.228 e. The van der Waals surface area contributed by atoms with E-state index in [9.17, 15) is 9.59 Å². The monoisotopic (exact) mass is 397 g/mol. The summed E-state index contributed by atoms with van der Waals surface area (Å²) in [4.78, 5) is 27.6. The highest BCUT2D eigenvalue weighted by Crippen LogP contribution is 2.35. The first-order valence-electron chi connectivity index (χ1n) is 10.5. The summed E-state index contributed by atoms with van der Waals surface area (Å²) in [5.74, 6) is 1.08. The molecular formula is C23H31N3O3. The molecular weight excluding hydrogens is 366 g/mol. The number of hydrogen-bond donors (Lipinski definition) is 1. The molecule has 1 N–H and O–H groups in total. The van der Waals surface area contributed by atoms with E-state index in [1.165, 1.54) is 0 Å². The van der Waals surface area contributed by atoms with Gasteiger partial charge in [0.05, 0.1) is 5.41 Å². The van der Waals surface area contributed by atoms with E-state index in [4.69, 9.17) is 4.52 Å². The lowest BCUT2D eigenvalue weighted by molar-refractivity contribution is -0.142. The maximum atomic E-state index is 13.1. The maximum absolute atomic E-state index is 13.1. The van der Waals surface area contributed by atoms with Crippen molar-refractivity contribution >= 4 is 11.8 Å². The van der Waals surface area contributed by atoms with Crippen molar-refractivity contribution < 1.29 is 14.1 Å². The Morgan fingerprint density at radius 1 is 1.28 bits per heavy atom. The molecule has 1 fully saturated rings. The molecule has 29 heavy (non-hydrogen) atoms. The Hall–Kier alpha value is -2.63. The normalized spacial score (nSPS) is 19.4. The Balaban J connectivity index is 1.83. The Kier molecular flexibility index (Phi) is 6.72. The van der Waals surface area contributed by atoms with Crippen LogP contribution in [0.5, 0.6) is 0 Å². The first-order valence-corrected chi connectivity index (χ1v) is 10.5. The highest BCUT2D eigenvalue weighted by atomic mass is 16.5. The van der Waals surface area contributed by atoms with Crippen LogP contribution in [0.25, 0.3) is 11.3 Å². The van der Waals surface area contributed by atoms with Crippen LogP contribution < -0.4 is 5.32 Å². The molecule has 0 saturated carbocycles. The molecule has 2 aromatic rings. The summed E-state index contributed by atoms with van der Waals surface area (Å²) in [5.41, 5.74) is 1.05. The molecule has 2 heterocycles. The van der Waals surface area contributed by atoms with E-state index < -0.39 is 5.41 Å². The van der Waals surface area contributed by atoms with Gasteiger partial charge in [0, 0.05) is 44.1 Å². The minimum Gasteiger partial charge on any atom is -0.361 e. The van der Waals surface area contributed by atoms with Crippen molar-refractivity contribution in [1.29, 1.82) is 0 Å². The van der Waals surface area contributed by atoms with Crippen LogP contribution in [0.15, 0.2) is 40.9 Å². The zero-order valence-electron chi connectivity index (χ0n) is 17.6. The molecule has 1 aliphatic rings. The van der Waals surface area contributed by atoms with Crippen molar-refractivity contribution in [2.75, 3.05) is 19.6 Å². The standard InChI is InChI=1S/C23H31N3O3/c1-4-24-22(28)23(11-8-12-26(16-23)21(27)13-17(2)3)15-19-14-20(25-29-19)18-9-6-5-7-10-18/h5-7,9-10,14,17H,4,8,11-13,15-16H2,1-3H3,(H,24,28)/t23-/m0/s1. The second-order valence-electron chi connectivity index (χ2n) is 8.38. The van der Waals surface area contributed by atoms with Crippen LogP contribution in [0.1, 0.15) is 45.8 Å². The fourth-order valence-corrected chi connectivity index (χ4v) is 4.06. The molecule has 0 radical (unpaired) electrons. The summed E-state index contributed by atoms with van der Waals surface area (Å²) in [5, 5.41) is 7.17. The van der Waals surface area contributed by atoms with Gasteiger partial charge in [0.25, 0.3) is 0 Å². The van der Waals surface area contributed by atoms with Gasteiger partial charge in [0.2, 0.25) is 11.8 Å². The molecule has 6 nitrogen and oxygen atoms in total. The predicted octanol–water partition coefficient (Wildman–Crippen LogP) is 3.68. The van der Waals surface area contributed by atoms with Crippen LogP contribution in [0.3, 0.4) is 0 Å². The molecule has 2 amide bonds. The van der Waals surface area contributed by atoms with Crippen molar-refractivity contribution in [2.24, 2.45) is 11.3 Å². The van der Waals surface area contributed by atoms with Crippen molar-refractivity contribution in [3.05, 3.63) is 42.2 Å². The lowest BCUT2D eigenvalue weighted by Crippen LogP contribution is -2.54. The predicted molar refractivity (Wildman–Crippen MR) is 112 cm³/mol. The lowest BCUT2D eigenvalue weighted by Gasteiger charge is -2.41. The number of aromatic nitrogens is 1. The van der Waals surface area contributed by atoms with Gasteiger partial charge in [-0.3, -0.25) is 9.59 Å². The molecule has 1 aromatic heterocycles. The second kappa shape index (κ2) is 9.25. The second-order valence-corrected chi connectivity index (χ2v) is 8.38. The van der Waals surface area contributed by atoms with Gasteiger partial charge in [-0.25, -0.2) is 0 Å². The minimum atomic E-state index is -0.686. The SMILES string of the molecule is CCNC(=O)[C@]1(Cc2cc(-c3ccccc3)no2)CCCN(C(=O)CC(C)C)C1. The van der Waals surface area contributed by atoms with Crippen LogP contribution in [0.2, 0.25) is 0 Å². The van der Waals surface area contributed by atoms with Crippen molar-refractivity contribution in [3.8, 4) is 11.3 Å². The van der Waals surface area contributed by atoms with Crippen LogP contribution in [-0.2, 0) is 16.0 Å². The molecule has 1 atom stereocenters. The summed E-state index contributed by atoms with van der Waals surface area (Å²) in [7, 11) is 0. The first-order chi connectivity index (χ1) is 13.9. The lowest BCUT2D eigenvalue weighted by atomic mass is 9.75. The Morgan fingerprint density at radius 3 is 2.72 bits per heavy atom. The third-order valence-electron chi connectivity index (χ3n) is 5.47. The molecule has 156 valence electrons. The quantitative estimate of drug-likeness (QED) is 0.773. The number of hydrogen-bond acceptors (Lipinski definition) is 4. The van der Waals surface area contributed by atoms with Crippen molar-refractivity contribution in [2.45, 2.75) is 46.5 Å². The molecule has 1 aromatic carbocycles. The number of rotatable bonds is 7. The van der Waals surface area contributed by atoms with E-state index in [0.29, 0.717) is 44.2 Å². The third kappa shape index (κ3) is 5.05. The number of carbonyl (C=O) groups excluding carboxylic acids is 2. The third-order valence-corrected chi connectivity index (χ3v) is 5.47. The van der Waals surface area contributed by atoms with Gasteiger partial charge in [-0.15, -0.1) is 0 Å². The Labute approximate surface area is 172 Å². The zero-order valence-corrected chi connectivity index (χ0v) is 17.6. The molecule has 6 heteroatoms. The van der Waals surface area contributed by atoms with Gasteiger partial charge in [0.15, 0.2) is 0 Å². The van der Waals surface area contributed by atoms with E-state index in [-0.39, 0.29) is 11.8 Å². The fraction of sp³-hybridized carbons (Fsp3) is 0.522. The summed E-state index contributed by atoms with van der Waals surface area (Å²) >= 11 is 0. The van der Waals surface area contributed by atoms with Crippen molar-refractivity contribution in [3.63, 3.8) is 0 Å². The zero-order chi connectivity index (χ0) is 20.9. The average molecular weight is 398 g/mol. The average Bonchev–Trinajstić information content (AvgIpc) is 3.17. The summed E-state index contributed by atoms with van der Waals surface area (Å²) in [6, 6.07) is 11.7. The van der Waals surface area contributed by atoms with Crippen LogP contribution in [-0.4, -0.2) is 41.5 Å². The van der Waals surface area contributed by atoms with E-state index in [2.05, 4.69) is 10.5 Å². The number of amides is 2. The molecule has 0 unspecified atom stereocenters. The molecule has 0 aliphatic carbocycles. The molecule has 1 saturated heterocycles. The summed E-state index contributed by atoms with van der Waals surface area (Å²) in [6.45, 7) is 7.69. The van der Waals surface area contributed by atoms with Gasteiger partial charge in [0.1, 0.15) is 11.5 Å². The Bertz CT molecular complexity index is 831. The Morgan fingerprint density at radius 2 is 2.03 bits per heavy atom. The highest BCUT2D eigenvalue weighted by molar-refractivity contribution is 5.85. The molecule has 0 bridgehead atoms. The largest absolute Gasteiger partial charge is 0.361 e. The van der Waals surface area contributed by atoms with Gasteiger partial charge < -0.3 is 14.7 Å². The minimum absolute atomic E-state index is 0.0142. The van der Waals surface area contributed by atoms with Gasteiger partial charge in [-0.2, -0.15) is 0 Å². The number of nitrogens with zero attached hydrogens (tertiary/aromatic N) is 2. The van der Waals surface area contributed by atoms with E-state index in [1.807, 2.05) is 62.1 Å². The highest BCUT2D eigenvalue weighted by Gasteiger charge is 2.44. The van der Waals surface area contributed by atoms with Crippen LogP contribution >= 0.6 is 0 Å². The number of likely N-dealkylation sites (tertiary alicyclic amines) is 1. The van der Waals surface area contributed by atoms with E-state index >= 15 is 0 Å². The smallest absolute Gasteiger partial charge is 0.228 e. The van der Waals surface area contributed by atoms with Gasteiger partial charge in [-0.1, -0.05) is 49.3 Å². The van der Waals surface area contributed by atoms with Gasteiger partial charge in [-0.05, 0) is 25.7 Å². The number of benzene rings is 1. The van der Waals surface area contributed by atoms with Crippen LogP contribution in [0.4, 0.5) is 0 Å². The van der Waals surface area contributed by atoms with Gasteiger partial charge >= 0.3 is 0 Å². The summed E-state index contributed by atoms with van der Waals surface area (Å²) in [6.07, 6.45) is 2.47. The fourth-order valence-electron chi connectivity index (χ4n) is 4.06. The molecule has 3 rings (SSSR count). The first kappa shape index (κ1) is 21.1. The summed E-state index contributed by atoms with van der Waals surface area (Å²) < 4.78 is 5.60. The number of piperidine rings is 1. The van der Waals surface area contributed by atoms with Crippen LogP contribution in [0, 0.1) is 11.3 Å². The van der Waals surface area contributed by atoms with E-state index in [1.54, 1.807) is 0 Å². The number of carbonyl (C=O) groups is 2. The molecule has 0 spiro atoms. The van der Waals surface area contributed by atoms with E-state index in [0.717, 1.165) is 24.1 Å². The topological polar surface area (TPSA) is 75.4 Å². The van der Waals surface area contributed by atoms with Crippen molar-refractivity contribution in [1.82, 2.24) is 15.4 Å². The number of nitrogens with one attached hydrogen (secondary N) is 1. The molecule has 1 aliphatic heterocycles.